The molecule has 1 aromatic carbocycles. The van der Waals surface area contributed by atoms with E-state index in [1.807, 2.05) is 6.92 Å². The van der Waals surface area contributed by atoms with E-state index in [0.717, 1.165) is 6.42 Å². The fraction of sp³-hybridized carbons (Fsp3) is 0.333. The fourth-order valence-electron chi connectivity index (χ4n) is 1.68. The minimum atomic E-state index is -0.657. The van der Waals surface area contributed by atoms with E-state index in [9.17, 15) is 9.50 Å². The summed E-state index contributed by atoms with van der Waals surface area (Å²) >= 11 is 3.22. The normalized spacial score (nSPS) is 13.2. The van der Waals surface area contributed by atoms with Crippen LogP contribution >= 0.6 is 15.9 Å². The number of fused-ring (bicyclic) bond motifs is 1. The number of aliphatic hydroxyl groups excluding tert-OH is 1. The molecule has 0 amide bonds. The van der Waals surface area contributed by atoms with Crippen molar-refractivity contribution in [2.75, 3.05) is 0 Å². The maximum Gasteiger partial charge on any atom is 0.170 e. The molecule has 86 valence electrons. The molecule has 1 heterocycles. The van der Waals surface area contributed by atoms with Crippen molar-refractivity contribution in [3.63, 3.8) is 0 Å². The standard InChI is InChI=1S/C12H12BrFO2/c1-2-3-10(15)11-5-7-4-8(13)6-9(14)12(7)16-11/h4-6,10,15H,2-3H2,1H3. The van der Waals surface area contributed by atoms with Crippen molar-refractivity contribution < 1.29 is 13.9 Å². The van der Waals surface area contributed by atoms with Gasteiger partial charge < -0.3 is 9.52 Å². The Bertz CT molecular complexity index is 507. The highest BCUT2D eigenvalue weighted by Gasteiger charge is 2.15. The molecule has 2 nitrogen and oxygen atoms in total. The second-order valence-electron chi connectivity index (χ2n) is 3.76. The van der Waals surface area contributed by atoms with E-state index in [4.69, 9.17) is 4.42 Å². The van der Waals surface area contributed by atoms with Crippen LogP contribution in [0.25, 0.3) is 11.0 Å². The smallest absolute Gasteiger partial charge is 0.170 e. The number of hydrogen-bond acceptors (Lipinski definition) is 2. The second kappa shape index (κ2) is 4.55. The Balaban J connectivity index is 2.47. The molecule has 0 bridgehead atoms. The van der Waals surface area contributed by atoms with Crippen LogP contribution in [0.5, 0.6) is 0 Å². The van der Waals surface area contributed by atoms with E-state index in [2.05, 4.69) is 15.9 Å². The van der Waals surface area contributed by atoms with Crippen LogP contribution in [-0.4, -0.2) is 5.11 Å². The third-order valence-corrected chi connectivity index (χ3v) is 2.90. The van der Waals surface area contributed by atoms with Gasteiger partial charge in [0, 0.05) is 9.86 Å². The molecule has 0 radical (unpaired) electrons. The van der Waals surface area contributed by atoms with Crippen molar-refractivity contribution in [1.29, 1.82) is 0 Å². The number of aliphatic hydroxyl groups is 1. The Labute approximate surface area is 101 Å². The summed E-state index contributed by atoms with van der Waals surface area (Å²) < 4.78 is 19.5. The van der Waals surface area contributed by atoms with Gasteiger partial charge in [-0.25, -0.2) is 4.39 Å². The summed E-state index contributed by atoms with van der Waals surface area (Å²) in [4.78, 5) is 0. The highest BCUT2D eigenvalue weighted by molar-refractivity contribution is 9.10. The van der Waals surface area contributed by atoms with Gasteiger partial charge in [0.2, 0.25) is 0 Å². The van der Waals surface area contributed by atoms with E-state index in [0.29, 0.717) is 22.0 Å². The molecular weight excluding hydrogens is 275 g/mol. The van der Waals surface area contributed by atoms with Crippen LogP contribution in [0.2, 0.25) is 0 Å². The van der Waals surface area contributed by atoms with Gasteiger partial charge in [0.1, 0.15) is 11.9 Å². The topological polar surface area (TPSA) is 33.4 Å². The molecule has 0 saturated carbocycles. The van der Waals surface area contributed by atoms with Gasteiger partial charge in [-0.05, 0) is 24.6 Å². The minimum absolute atomic E-state index is 0.202. The summed E-state index contributed by atoms with van der Waals surface area (Å²) in [6, 6.07) is 4.80. The highest BCUT2D eigenvalue weighted by Crippen LogP contribution is 2.30. The molecule has 4 heteroatoms. The van der Waals surface area contributed by atoms with Gasteiger partial charge in [0.15, 0.2) is 11.4 Å². The van der Waals surface area contributed by atoms with Gasteiger partial charge in [0.05, 0.1) is 0 Å². The third-order valence-electron chi connectivity index (χ3n) is 2.45. The summed E-state index contributed by atoms with van der Waals surface area (Å²) in [7, 11) is 0. The molecule has 0 spiro atoms. The number of halogens is 2. The Kier molecular flexibility index (Phi) is 3.30. The first-order chi connectivity index (χ1) is 7.61. The maximum atomic E-state index is 13.5. The lowest BCUT2D eigenvalue weighted by Gasteiger charge is -2.03. The zero-order chi connectivity index (χ0) is 11.7. The SMILES string of the molecule is CCCC(O)c1cc2cc(Br)cc(F)c2o1. The number of furan rings is 1. The molecule has 1 N–H and O–H groups in total. The lowest BCUT2D eigenvalue weighted by atomic mass is 10.1. The van der Waals surface area contributed by atoms with Gasteiger partial charge in [-0.2, -0.15) is 0 Å². The lowest BCUT2D eigenvalue weighted by Crippen LogP contribution is -1.93. The first kappa shape index (κ1) is 11.6. The van der Waals surface area contributed by atoms with Crippen LogP contribution in [0.15, 0.2) is 27.1 Å². The van der Waals surface area contributed by atoms with Gasteiger partial charge in [-0.15, -0.1) is 0 Å². The monoisotopic (exact) mass is 286 g/mol. The van der Waals surface area contributed by atoms with Crippen LogP contribution in [0.3, 0.4) is 0 Å². The van der Waals surface area contributed by atoms with Gasteiger partial charge >= 0.3 is 0 Å². The largest absolute Gasteiger partial charge is 0.455 e. The summed E-state index contributed by atoms with van der Waals surface area (Å²) in [6.07, 6.45) is 0.808. The molecule has 2 aromatic rings. The van der Waals surface area contributed by atoms with E-state index in [1.54, 1.807) is 12.1 Å². The zero-order valence-electron chi connectivity index (χ0n) is 8.84. The molecule has 0 aliphatic heterocycles. The predicted molar refractivity (Wildman–Crippen MR) is 63.7 cm³/mol. The van der Waals surface area contributed by atoms with Crippen molar-refractivity contribution in [2.45, 2.75) is 25.9 Å². The quantitative estimate of drug-likeness (QED) is 0.919. The summed E-state index contributed by atoms with van der Waals surface area (Å²) in [5, 5.41) is 10.4. The van der Waals surface area contributed by atoms with Crippen molar-refractivity contribution >= 4 is 26.9 Å². The van der Waals surface area contributed by atoms with Crippen LogP contribution in [0.1, 0.15) is 31.6 Å². The van der Waals surface area contributed by atoms with Crippen LogP contribution in [-0.2, 0) is 0 Å². The van der Waals surface area contributed by atoms with Gasteiger partial charge in [-0.1, -0.05) is 29.3 Å². The Morgan fingerprint density at radius 3 is 2.88 bits per heavy atom. The third kappa shape index (κ3) is 2.13. The average molecular weight is 287 g/mol. The molecule has 0 saturated heterocycles. The minimum Gasteiger partial charge on any atom is -0.455 e. The molecule has 1 unspecified atom stereocenters. The Morgan fingerprint density at radius 2 is 2.19 bits per heavy atom. The molecular formula is C12H12BrFO2. The highest BCUT2D eigenvalue weighted by atomic mass is 79.9. The number of hydrogen-bond donors (Lipinski definition) is 1. The molecule has 2 rings (SSSR count). The van der Waals surface area contributed by atoms with Crippen LogP contribution < -0.4 is 0 Å². The van der Waals surface area contributed by atoms with Crippen LogP contribution in [0.4, 0.5) is 4.39 Å². The van der Waals surface area contributed by atoms with Crippen molar-refractivity contribution in [3.8, 4) is 0 Å². The van der Waals surface area contributed by atoms with Gasteiger partial charge in [-0.3, -0.25) is 0 Å². The molecule has 1 atom stereocenters. The molecule has 0 aliphatic rings. The Morgan fingerprint density at radius 1 is 1.44 bits per heavy atom. The van der Waals surface area contributed by atoms with E-state index >= 15 is 0 Å². The Hall–Kier alpha value is -0.870. The first-order valence-electron chi connectivity index (χ1n) is 5.18. The fourth-order valence-corrected chi connectivity index (χ4v) is 2.12. The van der Waals surface area contributed by atoms with Crippen LogP contribution in [0, 0.1) is 5.82 Å². The maximum absolute atomic E-state index is 13.5. The number of benzene rings is 1. The molecule has 1 aromatic heterocycles. The van der Waals surface area contributed by atoms with E-state index in [-0.39, 0.29) is 5.58 Å². The number of rotatable bonds is 3. The summed E-state index contributed by atoms with van der Waals surface area (Å²) in [5.74, 6) is 0.00757. The first-order valence-corrected chi connectivity index (χ1v) is 5.97. The molecule has 16 heavy (non-hydrogen) atoms. The zero-order valence-corrected chi connectivity index (χ0v) is 10.4. The summed E-state index contributed by atoms with van der Waals surface area (Å²) in [6.45, 7) is 1.98. The lowest BCUT2D eigenvalue weighted by molar-refractivity contribution is 0.141. The van der Waals surface area contributed by atoms with Gasteiger partial charge in [0.25, 0.3) is 0 Å². The second-order valence-corrected chi connectivity index (χ2v) is 4.67. The molecule has 0 fully saturated rings. The van der Waals surface area contributed by atoms with E-state index in [1.165, 1.54) is 6.07 Å². The van der Waals surface area contributed by atoms with Crippen molar-refractivity contribution in [1.82, 2.24) is 0 Å². The predicted octanol–water partition coefficient (Wildman–Crippen LogP) is 4.17. The van der Waals surface area contributed by atoms with Crippen molar-refractivity contribution in [2.24, 2.45) is 0 Å². The average Bonchev–Trinajstić information content (AvgIpc) is 2.62. The van der Waals surface area contributed by atoms with Crippen molar-refractivity contribution in [3.05, 3.63) is 34.2 Å². The molecule has 0 aliphatic carbocycles. The van der Waals surface area contributed by atoms with E-state index < -0.39 is 11.9 Å². The summed E-state index contributed by atoms with van der Waals surface area (Å²) in [5.41, 5.74) is 0.202.